The van der Waals surface area contributed by atoms with Crippen molar-refractivity contribution >= 4 is 27.5 Å². The molecule has 0 unspecified atom stereocenters. The van der Waals surface area contributed by atoms with E-state index in [-0.39, 0.29) is 23.5 Å². The van der Waals surface area contributed by atoms with Gasteiger partial charge in [0.25, 0.3) is 5.91 Å². The van der Waals surface area contributed by atoms with Gasteiger partial charge in [-0.05, 0) is 67.6 Å². The maximum Gasteiger partial charge on any atom is 0.257 e. The van der Waals surface area contributed by atoms with Crippen molar-refractivity contribution in [2.45, 2.75) is 50.0 Å². The summed E-state index contributed by atoms with van der Waals surface area (Å²) < 4.78 is 33.1. The van der Waals surface area contributed by atoms with E-state index in [4.69, 9.17) is 16.3 Å². The van der Waals surface area contributed by atoms with E-state index in [9.17, 15) is 13.2 Å². The highest BCUT2D eigenvalue weighted by atomic mass is 35.5. The van der Waals surface area contributed by atoms with Crippen LogP contribution in [-0.4, -0.2) is 33.5 Å². The molecular weight excluding hydrogens is 424 g/mol. The van der Waals surface area contributed by atoms with Crippen LogP contribution >= 0.6 is 11.6 Å². The van der Waals surface area contributed by atoms with Crippen molar-refractivity contribution in [2.24, 2.45) is 0 Å². The van der Waals surface area contributed by atoms with Gasteiger partial charge >= 0.3 is 0 Å². The Hall–Kier alpha value is -2.09. The van der Waals surface area contributed by atoms with Crippen LogP contribution in [0.2, 0.25) is 5.02 Å². The predicted octanol–water partition coefficient (Wildman–Crippen LogP) is 3.61. The Kier molecular flexibility index (Phi) is 7.75. The molecule has 1 aliphatic rings. The molecule has 0 aromatic heterocycles. The monoisotopic (exact) mass is 450 g/mol. The Labute approximate surface area is 183 Å². The molecule has 30 heavy (non-hydrogen) atoms. The number of amides is 1. The van der Waals surface area contributed by atoms with Crippen molar-refractivity contribution in [3.8, 4) is 5.75 Å². The summed E-state index contributed by atoms with van der Waals surface area (Å²) in [5.74, 6) is 0.373. The van der Waals surface area contributed by atoms with E-state index in [1.54, 1.807) is 42.5 Å². The normalized spacial score (nSPS) is 14.6. The lowest BCUT2D eigenvalue weighted by atomic mass is 10.1. The first kappa shape index (κ1) is 22.6. The van der Waals surface area contributed by atoms with Crippen molar-refractivity contribution in [1.29, 1.82) is 0 Å². The summed E-state index contributed by atoms with van der Waals surface area (Å²) in [5.41, 5.74) is 1.84. The third-order valence-electron chi connectivity index (χ3n) is 5.15. The van der Waals surface area contributed by atoms with Gasteiger partial charge in [0.15, 0.2) is 6.61 Å². The summed E-state index contributed by atoms with van der Waals surface area (Å²) in [7, 11) is -3.48. The summed E-state index contributed by atoms with van der Waals surface area (Å²) >= 11 is 5.97. The van der Waals surface area contributed by atoms with Crippen LogP contribution in [0.15, 0.2) is 47.4 Å². The molecular formula is C22H27ClN2O4S. The molecule has 2 N–H and O–H groups in total. The van der Waals surface area contributed by atoms with Gasteiger partial charge in [0.2, 0.25) is 10.0 Å². The number of rotatable bonds is 9. The lowest BCUT2D eigenvalue weighted by Gasteiger charge is -2.13. The molecule has 2 aromatic carbocycles. The first-order valence-corrected chi connectivity index (χ1v) is 12.0. The number of ether oxygens (including phenoxy) is 1. The number of carbonyl (C=O) groups is 1. The third kappa shape index (κ3) is 6.45. The van der Waals surface area contributed by atoms with Gasteiger partial charge in [0.05, 0.1) is 4.90 Å². The molecule has 0 spiro atoms. The summed E-state index contributed by atoms with van der Waals surface area (Å²) in [6.45, 7) is 2.23. The van der Waals surface area contributed by atoms with Crippen molar-refractivity contribution in [1.82, 2.24) is 10.0 Å². The number of carbonyl (C=O) groups excluding carboxylic acids is 1. The van der Waals surface area contributed by atoms with E-state index < -0.39 is 10.0 Å². The number of hydrogen-bond acceptors (Lipinski definition) is 4. The van der Waals surface area contributed by atoms with Gasteiger partial charge in [0, 0.05) is 17.6 Å². The van der Waals surface area contributed by atoms with Crippen LogP contribution in [0.1, 0.15) is 36.8 Å². The highest BCUT2D eigenvalue weighted by Gasteiger charge is 2.22. The zero-order chi connectivity index (χ0) is 21.6. The van der Waals surface area contributed by atoms with Crippen molar-refractivity contribution in [3.05, 3.63) is 58.6 Å². The molecule has 0 aliphatic heterocycles. The van der Waals surface area contributed by atoms with Gasteiger partial charge in [-0.15, -0.1) is 0 Å². The van der Waals surface area contributed by atoms with E-state index in [0.29, 0.717) is 23.7 Å². The molecule has 8 heteroatoms. The maximum atomic E-state index is 12.4. The largest absolute Gasteiger partial charge is 0.484 e. The summed E-state index contributed by atoms with van der Waals surface area (Å²) in [6.07, 6.45) is 4.54. The average molecular weight is 451 g/mol. The molecule has 1 fully saturated rings. The fraction of sp³-hybridized carbons (Fsp3) is 0.409. The van der Waals surface area contributed by atoms with Gasteiger partial charge in [0.1, 0.15) is 5.75 Å². The molecule has 1 saturated carbocycles. The lowest BCUT2D eigenvalue weighted by molar-refractivity contribution is -0.123. The van der Waals surface area contributed by atoms with Crippen LogP contribution in [0.25, 0.3) is 0 Å². The smallest absolute Gasteiger partial charge is 0.257 e. The number of halogens is 1. The second kappa shape index (κ2) is 10.3. The van der Waals surface area contributed by atoms with Gasteiger partial charge in [-0.1, -0.05) is 36.6 Å². The highest BCUT2D eigenvalue weighted by Crippen LogP contribution is 2.21. The average Bonchev–Trinajstić information content (AvgIpc) is 3.21. The zero-order valence-electron chi connectivity index (χ0n) is 17.0. The Morgan fingerprint density at radius 3 is 2.50 bits per heavy atom. The number of benzene rings is 2. The van der Waals surface area contributed by atoms with Gasteiger partial charge in [-0.2, -0.15) is 0 Å². The van der Waals surface area contributed by atoms with E-state index in [0.717, 1.165) is 36.8 Å². The van der Waals surface area contributed by atoms with E-state index in [2.05, 4.69) is 10.0 Å². The molecule has 1 amide bonds. The first-order valence-electron chi connectivity index (χ1n) is 10.1. The van der Waals surface area contributed by atoms with E-state index in [1.165, 1.54) is 0 Å². The Morgan fingerprint density at radius 2 is 1.83 bits per heavy atom. The summed E-state index contributed by atoms with van der Waals surface area (Å²) in [6, 6.07) is 12.1. The van der Waals surface area contributed by atoms with E-state index in [1.807, 2.05) is 6.92 Å². The SMILES string of the molecule is Cc1cc(OCC(=O)NCCc2ccc(S(=O)(=O)NC3CCCC3)cc2)ccc1Cl. The standard InChI is InChI=1S/C22H27ClN2O4S/c1-16-14-19(8-11-21(16)23)29-15-22(26)24-13-12-17-6-9-20(10-7-17)30(27,28)25-18-4-2-3-5-18/h6-11,14,18,25H,2-5,12-13,15H2,1H3,(H,24,26). The molecule has 3 rings (SSSR count). The minimum absolute atomic E-state index is 0.0453. The topological polar surface area (TPSA) is 84.5 Å². The number of aryl methyl sites for hydroxylation is 1. The quantitative estimate of drug-likeness (QED) is 0.611. The summed E-state index contributed by atoms with van der Waals surface area (Å²) in [4.78, 5) is 12.2. The molecule has 6 nitrogen and oxygen atoms in total. The van der Waals surface area contributed by atoms with Crippen molar-refractivity contribution in [3.63, 3.8) is 0 Å². The van der Waals surface area contributed by atoms with Crippen LogP contribution in [0.4, 0.5) is 0 Å². The Morgan fingerprint density at radius 1 is 1.13 bits per heavy atom. The van der Waals surface area contributed by atoms with Crippen molar-refractivity contribution in [2.75, 3.05) is 13.2 Å². The molecule has 2 aromatic rings. The minimum atomic E-state index is -3.48. The molecule has 1 aliphatic carbocycles. The second-order valence-electron chi connectivity index (χ2n) is 7.55. The first-order chi connectivity index (χ1) is 14.3. The molecule has 0 radical (unpaired) electrons. The molecule has 0 heterocycles. The second-order valence-corrected chi connectivity index (χ2v) is 9.67. The maximum absolute atomic E-state index is 12.4. The Balaban J connectivity index is 1.42. The fourth-order valence-corrected chi connectivity index (χ4v) is 4.84. The van der Waals surface area contributed by atoms with Crippen LogP contribution in [0.5, 0.6) is 5.75 Å². The fourth-order valence-electron chi connectivity index (χ4n) is 3.42. The van der Waals surface area contributed by atoms with Crippen LogP contribution in [-0.2, 0) is 21.2 Å². The number of nitrogens with one attached hydrogen (secondary N) is 2. The number of hydrogen-bond donors (Lipinski definition) is 2. The van der Waals surface area contributed by atoms with E-state index >= 15 is 0 Å². The van der Waals surface area contributed by atoms with Crippen LogP contribution < -0.4 is 14.8 Å². The summed E-state index contributed by atoms with van der Waals surface area (Å²) in [5, 5.41) is 3.45. The molecule has 0 saturated heterocycles. The minimum Gasteiger partial charge on any atom is -0.484 e. The number of sulfonamides is 1. The molecule has 0 atom stereocenters. The molecule has 0 bridgehead atoms. The van der Waals surface area contributed by atoms with Gasteiger partial charge in [-0.3, -0.25) is 4.79 Å². The van der Waals surface area contributed by atoms with Crippen LogP contribution in [0, 0.1) is 6.92 Å². The van der Waals surface area contributed by atoms with Gasteiger partial charge < -0.3 is 10.1 Å². The zero-order valence-corrected chi connectivity index (χ0v) is 18.6. The highest BCUT2D eigenvalue weighted by molar-refractivity contribution is 7.89. The van der Waals surface area contributed by atoms with Gasteiger partial charge in [-0.25, -0.2) is 13.1 Å². The van der Waals surface area contributed by atoms with Crippen LogP contribution in [0.3, 0.4) is 0 Å². The molecule has 162 valence electrons. The third-order valence-corrected chi connectivity index (χ3v) is 7.11. The van der Waals surface area contributed by atoms with Crippen molar-refractivity contribution < 1.29 is 17.9 Å². The lowest BCUT2D eigenvalue weighted by Crippen LogP contribution is -2.32. The predicted molar refractivity (Wildman–Crippen MR) is 117 cm³/mol. The Bertz CT molecular complexity index is 971.